The third-order valence-electron chi connectivity index (χ3n) is 4.66. The number of aliphatic carboxylic acids is 2. The summed E-state index contributed by atoms with van der Waals surface area (Å²) in [6, 6.07) is 15.9. The predicted molar refractivity (Wildman–Crippen MR) is 122 cm³/mol. The molecular formula is C22H25ClN2O5S. The Morgan fingerprint density at radius 3 is 2.16 bits per heavy atom. The lowest BCUT2D eigenvalue weighted by atomic mass is 10.1. The van der Waals surface area contributed by atoms with Gasteiger partial charge in [-0.25, -0.2) is 14.6 Å². The summed E-state index contributed by atoms with van der Waals surface area (Å²) in [5, 5.41) is 20.0. The molecule has 0 aromatic heterocycles. The number of hydrazine groups is 1. The third kappa shape index (κ3) is 6.99. The molecule has 0 saturated heterocycles. The summed E-state index contributed by atoms with van der Waals surface area (Å²) < 4.78 is 0. The lowest BCUT2D eigenvalue weighted by Gasteiger charge is -2.41. The van der Waals surface area contributed by atoms with Crippen molar-refractivity contribution in [3.05, 3.63) is 59.1 Å². The van der Waals surface area contributed by atoms with Gasteiger partial charge in [0.05, 0.1) is 17.5 Å². The van der Waals surface area contributed by atoms with E-state index in [-0.39, 0.29) is 11.0 Å². The van der Waals surface area contributed by atoms with Crippen LogP contribution in [0.5, 0.6) is 0 Å². The number of carboxylic acid groups (broad SMARTS) is 2. The average Bonchev–Trinajstić information content (AvgIpc) is 2.76. The van der Waals surface area contributed by atoms with Crippen LogP contribution in [0, 0.1) is 0 Å². The van der Waals surface area contributed by atoms with Gasteiger partial charge in [-0.15, -0.1) is 11.8 Å². The SMILES string of the molecule is CCN(CC)N1CC(C(=O)Cc2ccc(Cl)cc2)Sc2ccccc21.O=C(O)C(=O)O. The fraction of sp³-hybridized carbons (Fsp3) is 0.318. The molecule has 0 bridgehead atoms. The van der Waals surface area contributed by atoms with E-state index in [1.165, 1.54) is 10.6 Å². The molecule has 1 aliphatic rings. The number of fused-ring (bicyclic) bond motifs is 1. The number of hydrogen-bond donors (Lipinski definition) is 2. The number of hydrogen-bond acceptors (Lipinski definition) is 6. The first-order valence-corrected chi connectivity index (χ1v) is 11.0. The van der Waals surface area contributed by atoms with Gasteiger partial charge < -0.3 is 15.2 Å². The molecule has 166 valence electrons. The zero-order valence-corrected chi connectivity index (χ0v) is 18.9. The maximum Gasteiger partial charge on any atom is 0.414 e. The molecule has 0 radical (unpaired) electrons. The highest BCUT2D eigenvalue weighted by Crippen LogP contribution is 2.39. The Bertz CT molecular complexity index is 906. The van der Waals surface area contributed by atoms with Crippen LogP contribution in [0.4, 0.5) is 5.69 Å². The largest absolute Gasteiger partial charge is 0.473 e. The molecule has 0 fully saturated rings. The number of para-hydroxylation sites is 1. The number of benzene rings is 2. The van der Waals surface area contributed by atoms with Gasteiger partial charge in [0.15, 0.2) is 5.78 Å². The molecule has 1 heterocycles. The number of nitrogens with zero attached hydrogens (tertiary/aromatic N) is 2. The summed E-state index contributed by atoms with van der Waals surface area (Å²) in [5.41, 5.74) is 2.22. The molecule has 2 aromatic rings. The van der Waals surface area contributed by atoms with Crippen molar-refractivity contribution in [1.29, 1.82) is 0 Å². The fourth-order valence-corrected chi connectivity index (χ4v) is 4.45. The maximum atomic E-state index is 12.9. The standard InChI is InChI=1S/C20H23ClN2OS.C2H2O4/c1-3-22(4-2)23-14-20(25-19-8-6-5-7-17(19)23)18(24)13-15-9-11-16(21)12-10-15;3-1(4)2(5)6/h5-12,20H,3-4,13-14H2,1-2H3;(H,3,4)(H,5,6). The van der Waals surface area contributed by atoms with Crippen molar-refractivity contribution in [2.45, 2.75) is 30.4 Å². The second-order valence-corrected chi connectivity index (χ2v) is 8.36. The number of Topliss-reactive ketones (excluding diaryl/α,β-unsaturated/α-hetero) is 1. The molecule has 1 atom stereocenters. The second-order valence-electron chi connectivity index (χ2n) is 6.68. The van der Waals surface area contributed by atoms with E-state index in [9.17, 15) is 4.79 Å². The van der Waals surface area contributed by atoms with Crippen molar-refractivity contribution in [1.82, 2.24) is 5.01 Å². The Morgan fingerprint density at radius 2 is 1.61 bits per heavy atom. The van der Waals surface area contributed by atoms with Gasteiger partial charge in [0.1, 0.15) is 0 Å². The van der Waals surface area contributed by atoms with Crippen LogP contribution in [-0.2, 0) is 20.8 Å². The van der Waals surface area contributed by atoms with Gasteiger partial charge in [-0.05, 0) is 29.8 Å². The van der Waals surface area contributed by atoms with Crippen LogP contribution in [0.3, 0.4) is 0 Å². The Hall–Kier alpha value is -2.55. The van der Waals surface area contributed by atoms with E-state index in [4.69, 9.17) is 31.4 Å². The molecule has 7 nitrogen and oxygen atoms in total. The molecule has 0 amide bonds. The molecule has 1 aliphatic heterocycles. The van der Waals surface area contributed by atoms with E-state index in [2.05, 4.69) is 42.1 Å². The molecule has 0 saturated carbocycles. The molecule has 31 heavy (non-hydrogen) atoms. The van der Waals surface area contributed by atoms with Gasteiger partial charge in [-0.1, -0.05) is 49.7 Å². The Balaban J connectivity index is 0.000000501. The lowest BCUT2D eigenvalue weighted by Crippen LogP contribution is -2.49. The van der Waals surface area contributed by atoms with Crippen LogP contribution in [0.1, 0.15) is 19.4 Å². The normalized spacial score (nSPS) is 15.0. The fourth-order valence-electron chi connectivity index (χ4n) is 3.13. The van der Waals surface area contributed by atoms with Gasteiger partial charge in [0.2, 0.25) is 0 Å². The number of carbonyl (C=O) groups excluding carboxylic acids is 1. The first-order valence-electron chi connectivity index (χ1n) is 9.78. The molecule has 0 aliphatic carbocycles. The Morgan fingerprint density at radius 1 is 1.03 bits per heavy atom. The van der Waals surface area contributed by atoms with E-state index < -0.39 is 11.9 Å². The van der Waals surface area contributed by atoms with Gasteiger partial charge in [-0.3, -0.25) is 4.79 Å². The first-order chi connectivity index (χ1) is 14.8. The van der Waals surface area contributed by atoms with Crippen LogP contribution in [-0.4, -0.2) is 57.8 Å². The number of thioether (sulfide) groups is 1. The number of anilines is 1. The highest BCUT2D eigenvalue weighted by atomic mass is 35.5. The number of carboxylic acids is 2. The van der Waals surface area contributed by atoms with Crippen molar-refractivity contribution in [2.24, 2.45) is 0 Å². The van der Waals surface area contributed by atoms with Crippen molar-refractivity contribution < 1.29 is 24.6 Å². The van der Waals surface area contributed by atoms with Gasteiger partial charge in [0, 0.05) is 29.4 Å². The highest BCUT2D eigenvalue weighted by molar-refractivity contribution is 8.00. The molecule has 1 unspecified atom stereocenters. The van der Waals surface area contributed by atoms with Crippen LogP contribution >= 0.6 is 23.4 Å². The van der Waals surface area contributed by atoms with Crippen molar-refractivity contribution >= 4 is 46.8 Å². The summed E-state index contributed by atoms with van der Waals surface area (Å²) in [4.78, 5) is 32.3. The third-order valence-corrected chi connectivity index (χ3v) is 6.20. The van der Waals surface area contributed by atoms with Crippen molar-refractivity contribution in [3.8, 4) is 0 Å². The maximum absolute atomic E-state index is 12.9. The molecule has 0 spiro atoms. The summed E-state index contributed by atoms with van der Waals surface area (Å²) in [6.07, 6.45) is 0.448. The smallest absolute Gasteiger partial charge is 0.414 e. The zero-order chi connectivity index (χ0) is 23.0. The van der Waals surface area contributed by atoms with Crippen LogP contribution < -0.4 is 5.01 Å². The average molecular weight is 465 g/mol. The van der Waals surface area contributed by atoms with E-state index in [1.54, 1.807) is 11.8 Å². The number of rotatable bonds is 6. The topological polar surface area (TPSA) is 98.2 Å². The quantitative estimate of drug-likeness (QED) is 0.622. The van der Waals surface area contributed by atoms with Crippen molar-refractivity contribution in [2.75, 3.05) is 24.6 Å². The molecular weight excluding hydrogens is 440 g/mol. The minimum absolute atomic E-state index is 0.0637. The Kier molecular flexibility index (Phi) is 9.36. The Labute approximate surface area is 190 Å². The van der Waals surface area contributed by atoms with E-state index in [0.717, 1.165) is 25.2 Å². The highest BCUT2D eigenvalue weighted by Gasteiger charge is 2.31. The van der Waals surface area contributed by atoms with E-state index >= 15 is 0 Å². The van der Waals surface area contributed by atoms with Gasteiger partial charge in [-0.2, -0.15) is 0 Å². The number of halogens is 1. The summed E-state index contributed by atoms with van der Waals surface area (Å²) in [5.74, 6) is -3.39. The monoisotopic (exact) mass is 464 g/mol. The molecule has 9 heteroatoms. The van der Waals surface area contributed by atoms with E-state index in [0.29, 0.717) is 11.4 Å². The second kappa shape index (κ2) is 11.7. The summed E-state index contributed by atoms with van der Waals surface area (Å²) >= 11 is 7.62. The van der Waals surface area contributed by atoms with Crippen molar-refractivity contribution in [3.63, 3.8) is 0 Å². The van der Waals surface area contributed by atoms with Gasteiger partial charge in [0.25, 0.3) is 0 Å². The van der Waals surface area contributed by atoms with Crippen LogP contribution in [0.15, 0.2) is 53.4 Å². The van der Waals surface area contributed by atoms with Crippen LogP contribution in [0.2, 0.25) is 5.02 Å². The predicted octanol–water partition coefficient (Wildman–Crippen LogP) is 3.84. The molecule has 2 N–H and O–H groups in total. The van der Waals surface area contributed by atoms with Gasteiger partial charge >= 0.3 is 11.9 Å². The number of carbonyl (C=O) groups is 3. The molecule has 3 rings (SSSR count). The zero-order valence-electron chi connectivity index (χ0n) is 17.3. The minimum Gasteiger partial charge on any atom is -0.473 e. The molecule has 2 aromatic carbocycles. The van der Waals surface area contributed by atoms with Crippen LogP contribution in [0.25, 0.3) is 0 Å². The summed E-state index contributed by atoms with van der Waals surface area (Å²) in [6.45, 7) is 6.87. The number of ketones is 1. The minimum atomic E-state index is -1.82. The first kappa shape index (κ1) is 24.7. The van der Waals surface area contributed by atoms with E-state index in [1.807, 2.05) is 30.3 Å². The summed E-state index contributed by atoms with van der Waals surface area (Å²) in [7, 11) is 0. The lowest BCUT2D eigenvalue weighted by molar-refractivity contribution is -0.159.